The largest absolute Gasteiger partial charge is 0.474 e. The lowest BCUT2D eigenvalue weighted by molar-refractivity contribution is -0.117. The van der Waals surface area contributed by atoms with Crippen LogP contribution in [0.2, 0.25) is 0 Å². The van der Waals surface area contributed by atoms with E-state index in [1.807, 2.05) is 26.2 Å². The monoisotopic (exact) mass is 433 g/mol. The summed E-state index contributed by atoms with van der Waals surface area (Å²) in [6.45, 7) is 6.32. The zero-order valence-electron chi connectivity index (χ0n) is 19.1. The van der Waals surface area contributed by atoms with Crippen molar-refractivity contribution >= 4 is 22.4 Å². The van der Waals surface area contributed by atoms with Gasteiger partial charge in [0.1, 0.15) is 11.9 Å². The Hall–Kier alpha value is -2.93. The molecule has 0 amide bonds. The summed E-state index contributed by atoms with van der Waals surface area (Å²) in [4.78, 5) is 21.4. The molecule has 0 bridgehead atoms. The topological polar surface area (TPSA) is 63.5 Å². The Kier molecular flexibility index (Phi) is 5.59. The van der Waals surface area contributed by atoms with Gasteiger partial charge in [0, 0.05) is 69.4 Å². The third-order valence-corrected chi connectivity index (χ3v) is 6.86. The van der Waals surface area contributed by atoms with Crippen LogP contribution in [0.15, 0.2) is 36.5 Å². The number of carbonyl (C=O) groups is 1. The Morgan fingerprint density at radius 1 is 1.09 bits per heavy atom. The molecule has 1 aliphatic carbocycles. The molecule has 1 aromatic carbocycles. The Labute approximate surface area is 189 Å². The van der Waals surface area contributed by atoms with Crippen molar-refractivity contribution in [3.63, 3.8) is 0 Å². The number of hydrogen-bond acceptors (Lipinski definition) is 6. The molecule has 1 saturated carbocycles. The summed E-state index contributed by atoms with van der Waals surface area (Å²) >= 11 is 0. The fraction of sp³-hybridized carbons (Fsp3) is 0.480. The number of carbonyl (C=O) groups excluding carboxylic acids is 1. The quantitative estimate of drug-likeness (QED) is 0.614. The van der Waals surface area contributed by atoms with Crippen molar-refractivity contribution < 1.29 is 9.53 Å². The third-order valence-electron chi connectivity index (χ3n) is 6.86. The molecule has 5 rings (SSSR count). The average molecular weight is 434 g/mol. The predicted octanol–water partition coefficient (Wildman–Crippen LogP) is 3.52. The number of likely N-dealkylation sites (N-methyl/N-ethyl adjacent to an activating group) is 1. The second kappa shape index (κ2) is 8.54. The maximum Gasteiger partial charge on any atom is 0.225 e. The molecular formula is C25H31N5O2. The molecule has 1 saturated heterocycles. The lowest BCUT2D eigenvalue weighted by Gasteiger charge is -2.34. The number of ketones is 1. The van der Waals surface area contributed by atoms with Crippen molar-refractivity contribution in [2.45, 2.75) is 32.3 Å². The summed E-state index contributed by atoms with van der Waals surface area (Å²) in [6.07, 6.45) is 4.04. The summed E-state index contributed by atoms with van der Waals surface area (Å²) in [5.74, 6) is 1.18. The summed E-state index contributed by atoms with van der Waals surface area (Å²) in [5.41, 5.74) is 4.01. The number of Topliss-reactive ketones (excluding diaryl/α,β-unsaturated/α-hetero) is 1. The van der Waals surface area contributed by atoms with Gasteiger partial charge in [0.05, 0.1) is 16.6 Å². The summed E-state index contributed by atoms with van der Waals surface area (Å²) < 4.78 is 8.13. The highest BCUT2D eigenvalue weighted by Crippen LogP contribution is 2.33. The smallest absolute Gasteiger partial charge is 0.225 e. The Morgan fingerprint density at radius 3 is 2.53 bits per heavy atom. The molecule has 3 heterocycles. The lowest BCUT2D eigenvalue weighted by atomic mass is 10.0. The fourth-order valence-corrected chi connectivity index (χ4v) is 4.77. The van der Waals surface area contributed by atoms with E-state index >= 15 is 0 Å². The maximum atomic E-state index is 11.7. The van der Waals surface area contributed by atoms with E-state index in [2.05, 4.69) is 46.2 Å². The van der Waals surface area contributed by atoms with Crippen LogP contribution >= 0.6 is 0 Å². The number of hydrogen-bond donors (Lipinski definition) is 0. The van der Waals surface area contributed by atoms with Crippen LogP contribution in [0, 0.1) is 5.92 Å². The van der Waals surface area contributed by atoms with Crippen LogP contribution in [0.4, 0.5) is 5.69 Å². The highest BCUT2D eigenvalue weighted by atomic mass is 16.5. The standard InChI is InChI=1S/C25H31N5O2/c1-17(19-6-9-21(31)14-19)32-25-22-16-29(3)27-24(22)15-23(26-25)18-4-7-20(8-5-18)30-12-10-28(2)11-13-30/h4-5,7-8,15-17,19H,6,9-14H2,1-3H3/t17-,19+/m1/s1. The number of nitrogens with zero attached hydrogens (tertiary/aromatic N) is 5. The van der Waals surface area contributed by atoms with Crippen molar-refractivity contribution in [3.8, 4) is 17.1 Å². The second-order valence-corrected chi connectivity index (χ2v) is 9.25. The molecule has 3 aromatic rings. The highest BCUT2D eigenvalue weighted by molar-refractivity contribution is 5.87. The van der Waals surface area contributed by atoms with Gasteiger partial charge in [-0.3, -0.25) is 9.48 Å². The van der Waals surface area contributed by atoms with Gasteiger partial charge in [-0.15, -0.1) is 0 Å². The number of aromatic nitrogens is 3. The van der Waals surface area contributed by atoms with Crippen molar-refractivity contribution in [2.24, 2.45) is 13.0 Å². The number of aryl methyl sites for hydroxylation is 1. The molecule has 2 fully saturated rings. The lowest BCUT2D eigenvalue weighted by Crippen LogP contribution is -2.44. The van der Waals surface area contributed by atoms with E-state index in [-0.39, 0.29) is 12.0 Å². The minimum absolute atomic E-state index is 0.0628. The molecule has 7 heteroatoms. The Bertz CT molecular complexity index is 1120. The van der Waals surface area contributed by atoms with Crippen LogP contribution in [-0.4, -0.2) is 64.8 Å². The van der Waals surface area contributed by atoms with Gasteiger partial charge in [-0.05, 0) is 38.6 Å². The van der Waals surface area contributed by atoms with E-state index in [0.717, 1.165) is 54.8 Å². The van der Waals surface area contributed by atoms with Gasteiger partial charge in [0.15, 0.2) is 0 Å². The van der Waals surface area contributed by atoms with Crippen LogP contribution in [0.25, 0.3) is 22.2 Å². The third kappa shape index (κ3) is 4.21. The number of pyridine rings is 1. The van der Waals surface area contributed by atoms with Crippen LogP contribution in [0.3, 0.4) is 0 Å². The molecule has 0 radical (unpaired) electrons. The molecule has 0 spiro atoms. The maximum absolute atomic E-state index is 11.7. The SMILES string of the molecule is C[C@@H](Oc1nc(-c2ccc(N3CCN(C)CC3)cc2)cc2nn(C)cc12)[C@H]1CCC(=O)C1. The van der Waals surface area contributed by atoms with Crippen LogP contribution < -0.4 is 9.64 Å². The zero-order chi connectivity index (χ0) is 22.2. The summed E-state index contributed by atoms with van der Waals surface area (Å²) in [6, 6.07) is 10.6. The molecule has 32 heavy (non-hydrogen) atoms. The molecule has 2 aromatic heterocycles. The van der Waals surface area contributed by atoms with E-state index < -0.39 is 0 Å². The van der Waals surface area contributed by atoms with Gasteiger partial charge in [0.25, 0.3) is 0 Å². The number of piperazine rings is 1. The number of rotatable bonds is 5. The Morgan fingerprint density at radius 2 is 1.84 bits per heavy atom. The van der Waals surface area contributed by atoms with Crippen molar-refractivity contribution in [1.29, 1.82) is 0 Å². The van der Waals surface area contributed by atoms with Gasteiger partial charge in [-0.25, -0.2) is 4.98 Å². The normalized spacial score (nSPS) is 20.8. The van der Waals surface area contributed by atoms with Gasteiger partial charge in [0.2, 0.25) is 5.88 Å². The molecule has 168 valence electrons. The summed E-state index contributed by atoms with van der Waals surface area (Å²) in [7, 11) is 4.08. The molecule has 1 aliphatic heterocycles. The van der Waals surface area contributed by atoms with Crippen LogP contribution in [0.5, 0.6) is 5.88 Å². The van der Waals surface area contributed by atoms with Gasteiger partial charge in [-0.2, -0.15) is 5.10 Å². The minimum Gasteiger partial charge on any atom is -0.474 e. The van der Waals surface area contributed by atoms with E-state index in [4.69, 9.17) is 9.72 Å². The summed E-state index contributed by atoms with van der Waals surface area (Å²) in [5, 5.41) is 5.51. The average Bonchev–Trinajstić information content (AvgIpc) is 3.39. The van der Waals surface area contributed by atoms with E-state index in [1.54, 1.807) is 4.68 Å². The molecule has 2 atom stereocenters. The number of benzene rings is 1. The minimum atomic E-state index is -0.0628. The van der Waals surface area contributed by atoms with Gasteiger partial charge >= 0.3 is 0 Å². The van der Waals surface area contributed by atoms with Gasteiger partial charge in [-0.1, -0.05) is 12.1 Å². The van der Waals surface area contributed by atoms with E-state index in [1.165, 1.54) is 5.69 Å². The predicted molar refractivity (Wildman–Crippen MR) is 126 cm³/mol. The number of ether oxygens (including phenoxy) is 1. The van der Waals surface area contributed by atoms with E-state index in [9.17, 15) is 4.79 Å². The Balaban J connectivity index is 1.42. The van der Waals surface area contributed by atoms with E-state index in [0.29, 0.717) is 24.5 Å². The molecule has 2 aliphatic rings. The zero-order valence-corrected chi connectivity index (χ0v) is 19.1. The number of fused-ring (bicyclic) bond motifs is 1. The molecule has 0 N–H and O–H groups in total. The first-order valence-corrected chi connectivity index (χ1v) is 11.5. The first-order chi connectivity index (χ1) is 15.5. The molecular weight excluding hydrogens is 402 g/mol. The fourth-order valence-electron chi connectivity index (χ4n) is 4.77. The van der Waals surface area contributed by atoms with Crippen molar-refractivity contribution in [1.82, 2.24) is 19.7 Å². The van der Waals surface area contributed by atoms with Gasteiger partial charge < -0.3 is 14.5 Å². The van der Waals surface area contributed by atoms with Crippen LogP contribution in [-0.2, 0) is 11.8 Å². The highest BCUT2D eigenvalue weighted by Gasteiger charge is 2.29. The first-order valence-electron chi connectivity index (χ1n) is 11.5. The first kappa shape index (κ1) is 20.9. The number of anilines is 1. The molecule has 7 nitrogen and oxygen atoms in total. The van der Waals surface area contributed by atoms with Crippen molar-refractivity contribution in [2.75, 3.05) is 38.1 Å². The molecule has 0 unspecified atom stereocenters. The second-order valence-electron chi connectivity index (χ2n) is 9.25. The van der Waals surface area contributed by atoms with Crippen LogP contribution in [0.1, 0.15) is 26.2 Å². The van der Waals surface area contributed by atoms with Crippen molar-refractivity contribution in [3.05, 3.63) is 36.5 Å².